The first-order chi connectivity index (χ1) is 16.7. The lowest BCUT2D eigenvalue weighted by Gasteiger charge is -2.48. The second-order valence-corrected chi connectivity index (χ2v) is 12.3. The minimum absolute atomic E-state index is 0. The van der Waals surface area contributed by atoms with E-state index in [1.807, 2.05) is 0 Å². The molecule has 1 saturated carbocycles. The number of esters is 1. The largest absolute Gasteiger partial charge is 0.459 e. The lowest BCUT2D eigenvalue weighted by Crippen LogP contribution is -2.66. The summed E-state index contributed by atoms with van der Waals surface area (Å²) in [5, 5.41) is 40.4. The van der Waals surface area contributed by atoms with E-state index in [1.165, 1.54) is 64.2 Å². The highest BCUT2D eigenvalue weighted by Gasteiger charge is 2.59. The van der Waals surface area contributed by atoms with Crippen molar-refractivity contribution in [2.45, 2.75) is 139 Å². The van der Waals surface area contributed by atoms with Gasteiger partial charge in [-0.1, -0.05) is 90.4 Å². The van der Waals surface area contributed by atoms with E-state index in [-0.39, 0.29) is 12.8 Å². The monoisotopic (exact) mass is 539 g/mol. The molecule has 0 amide bonds. The second-order valence-electron chi connectivity index (χ2n) is 10.3. The van der Waals surface area contributed by atoms with Crippen molar-refractivity contribution in [3.05, 3.63) is 0 Å². The van der Waals surface area contributed by atoms with Gasteiger partial charge in [-0.2, -0.15) is 0 Å². The van der Waals surface area contributed by atoms with Crippen LogP contribution in [0.5, 0.6) is 0 Å². The zero-order valence-electron chi connectivity index (χ0n) is 21.9. The van der Waals surface area contributed by atoms with E-state index in [4.69, 9.17) is 9.26 Å². The van der Waals surface area contributed by atoms with Crippen molar-refractivity contribution in [2.24, 2.45) is 5.92 Å². The normalized spacial score (nSPS) is 31.7. The summed E-state index contributed by atoms with van der Waals surface area (Å²) in [7, 11) is -4.36. The summed E-state index contributed by atoms with van der Waals surface area (Å²) in [4.78, 5) is 22.5. The molecule has 1 aliphatic heterocycles. The molecule has 0 spiro atoms. The Labute approximate surface area is 215 Å². The van der Waals surface area contributed by atoms with Gasteiger partial charge in [0.15, 0.2) is 0 Å². The Kier molecular flexibility index (Phi) is 15.9. The molecule has 0 aromatic rings. The molecular formula is C25H50NO9P. The molecule has 2 aliphatic rings. The van der Waals surface area contributed by atoms with Crippen molar-refractivity contribution >= 4 is 13.6 Å². The van der Waals surface area contributed by atoms with Gasteiger partial charge in [0.25, 0.3) is 0 Å². The zero-order chi connectivity index (χ0) is 25.8. The summed E-state index contributed by atoms with van der Waals surface area (Å²) in [5.41, 5.74) is -1.33. The summed E-state index contributed by atoms with van der Waals surface area (Å²) in [6.45, 7) is 2.27. The predicted molar refractivity (Wildman–Crippen MR) is 137 cm³/mol. The van der Waals surface area contributed by atoms with E-state index in [2.05, 4.69) is 6.92 Å². The molecule has 0 aromatic carbocycles. The van der Waals surface area contributed by atoms with Crippen LogP contribution in [0.1, 0.15) is 103 Å². The Bertz CT molecular complexity index is 667. The third-order valence-corrected chi connectivity index (χ3v) is 9.36. The lowest BCUT2D eigenvalue weighted by molar-refractivity contribution is -0.227. The molecule has 36 heavy (non-hydrogen) atoms. The Morgan fingerprint density at radius 3 is 1.72 bits per heavy atom. The summed E-state index contributed by atoms with van der Waals surface area (Å²) >= 11 is 0. The first-order valence-electron chi connectivity index (χ1n) is 13.6. The van der Waals surface area contributed by atoms with E-state index in [0.29, 0.717) is 6.42 Å². The highest BCUT2D eigenvalue weighted by Crippen LogP contribution is 2.56. The van der Waals surface area contributed by atoms with E-state index in [0.717, 1.165) is 19.3 Å². The van der Waals surface area contributed by atoms with E-state index >= 15 is 0 Å². The molecule has 1 heterocycles. The molecule has 11 heteroatoms. The smallest absolute Gasteiger partial charge is 0.332 e. The first kappa shape index (κ1) is 33.4. The quantitative estimate of drug-likeness (QED) is 0.0905. The van der Waals surface area contributed by atoms with Gasteiger partial charge < -0.3 is 40.7 Å². The summed E-state index contributed by atoms with van der Waals surface area (Å²) in [5.74, 6) is -2.03. The van der Waals surface area contributed by atoms with Gasteiger partial charge in [-0.15, -0.1) is 0 Å². The molecule has 1 saturated heterocycles. The van der Waals surface area contributed by atoms with Crippen molar-refractivity contribution in [1.29, 1.82) is 0 Å². The van der Waals surface area contributed by atoms with Crippen LogP contribution in [-0.2, 0) is 18.6 Å². The van der Waals surface area contributed by atoms with Crippen molar-refractivity contribution < 1.29 is 43.9 Å². The van der Waals surface area contributed by atoms with Crippen LogP contribution in [0.25, 0.3) is 0 Å². The minimum atomic E-state index is -4.36. The van der Waals surface area contributed by atoms with Crippen LogP contribution in [0.4, 0.5) is 0 Å². The van der Waals surface area contributed by atoms with Gasteiger partial charge in [0.05, 0.1) is 24.8 Å². The summed E-state index contributed by atoms with van der Waals surface area (Å²) in [6, 6.07) is 0. The molecule has 2 rings (SSSR count). The van der Waals surface area contributed by atoms with Crippen LogP contribution in [-0.4, -0.2) is 74.1 Å². The molecule has 0 bridgehead atoms. The van der Waals surface area contributed by atoms with E-state index < -0.39 is 62.1 Å². The summed E-state index contributed by atoms with van der Waals surface area (Å²) < 4.78 is 23.3. The fraction of sp³-hybridized carbons (Fsp3) is 0.960. The Morgan fingerprint density at radius 2 is 1.22 bits per heavy atom. The van der Waals surface area contributed by atoms with Gasteiger partial charge in [-0.25, -0.2) is 0 Å². The van der Waals surface area contributed by atoms with Crippen LogP contribution in [0, 0.1) is 5.92 Å². The standard InChI is InChI=1S/C25H47O9P.H3N/c1-2-3-4-5-6-7-8-9-10-11-12-13-14-15-16-33-35(31,32)18-17-19(26)34-25-20(18)21(27)22(28)23(29)24(25)30;/h18,20-25,27-30H,2-17H2,1H3,(H,31,32);1H3/t18-,20+,21-,22-,23+,24-,25-;/m0./s1. The van der Waals surface area contributed by atoms with Crippen molar-refractivity contribution in [3.63, 3.8) is 0 Å². The van der Waals surface area contributed by atoms with Crippen LogP contribution < -0.4 is 6.15 Å². The highest BCUT2D eigenvalue weighted by molar-refractivity contribution is 7.53. The molecule has 10 nitrogen and oxygen atoms in total. The lowest BCUT2D eigenvalue weighted by atomic mass is 9.75. The number of carbonyl (C=O) groups is 1. The van der Waals surface area contributed by atoms with Crippen LogP contribution >= 0.6 is 7.60 Å². The molecule has 214 valence electrons. The van der Waals surface area contributed by atoms with Crippen LogP contribution in [0.3, 0.4) is 0 Å². The predicted octanol–water partition coefficient (Wildman–Crippen LogP) is 3.59. The summed E-state index contributed by atoms with van der Waals surface area (Å²) in [6.07, 6.45) is 8.03. The van der Waals surface area contributed by atoms with Crippen molar-refractivity contribution in [3.8, 4) is 0 Å². The fourth-order valence-electron chi connectivity index (χ4n) is 5.27. The average molecular weight is 540 g/mol. The number of rotatable bonds is 17. The van der Waals surface area contributed by atoms with Crippen LogP contribution in [0.15, 0.2) is 0 Å². The number of hydrogen-bond acceptors (Lipinski definition) is 9. The SMILES string of the molecule is CCCCCCCCCCCCCCCCOP(=O)(O)[C@H]1CC(=O)O[C@@H]2[C@@H](O)[C@H](O)[C@@H](O)[C@@H](O)[C@H]21.N. The third kappa shape index (κ3) is 9.95. The minimum Gasteiger partial charge on any atom is -0.459 e. The maximum Gasteiger partial charge on any atom is 0.332 e. The van der Waals surface area contributed by atoms with Crippen LogP contribution in [0.2, 0.25) is 0 Å². The molecule has 8 N–H and O–H groups in total. The number of unbranched alkanes of at least 4 members (excludes halogenated alkanes) is 13. The molecular weight excluding hydrogens is 489 g/mol. The Balaban J connectivity index is 0.00000648. The number of carbonyl (C=O) groups excluding carboxylic acids is 1. The molecule has 2 fully saturated rings. The third-order valence-electron chi connectivity index (χ3n) is 7.44. The molecule has 0 radical (unpaired) electrons. The van der Waals surface area contributed by atoms with Gasteiger partial charge in [0.2, 0.25) is 0 Å². The molecule has 1 unspecified atom stereocenters. The van der Waals surface area contributed by atoms with E-state index in [1.54, 1.807) is 0 Å². The maximum absolute atomic E-state index is 12.9. The van der Waals surface area contributed by atoms with Gasteiger partial charge in [0.1, 0.15) is 24.4 Å². The number of hydrogen-bond donors (Lipinski definition) is 6. The van der Waals surface area contributed by atoms with Gasteiger partial charge in [0, 0.05) is 5.92 Å². The zero-order valence-corrected chi connectivity index (χ0v) is 22.8. The maximum atomic E-state index is 12.9. The molecule has 1 aliphatic carbocycles. The van der Waals surface area contributed by atoms with Crippen molar-refractivity contribution in [2.75, 3.05) is 6.61 Å². The average Bonchev–Trinajstić information content (AvgIpc) is 2.83. The topological polar surface area (TPSA) is 189 Å². The number of aliphatic hydroxyl groups excluding tert-OH is 4. The number of fused-ring (bicyclic) bond motifs is 1. The second kappa shape index (κ2) is 17.1. The Hall–Kier alpha value is -0.580. The fourth-order valence-corrected chi connectivity index (χ4v) is 7.01. The van der Waals surface area contributed by atoms with Gasteiger partial charge in [-0.3, -0.25) is 9.36 Å². The van der Waals surface area contributed by atoms with Crippen molar-refractivity contribution in [1.82, 2.24) is 6.15 Å². The first-order valence-corrected chi connectivity index (χ1v) is 15.2. The number of aliphatic hydroxyl groups is 4. The number of ether oxygens (including phenoxy) is 1. The highest BCUT2D eigenvalue weighted by atomic mass is 31.2. The molecule has 0 aromatic heterocycles. The van der Waals surface area contributed by atoms with Gasteiger partial charge >= 0.3 is 13.6 Å². The van der Waals surface area contributed by atoms with E-state index in [9.17, 15) is 34.7 Å². The van der Waals surface area contributed by atoms with Gasteiger partial charge in [-0.05, 0) is 6.42 Å². The Morgan fingerprint density at radius 1 is 0.778 bits per heavy atom. The molecule has 8 atom stereocenters.